The van der Waals surface area contributed by atoms with Gasteiger partial charge in [0, 0.05) is 25.3 Å². The zero-order valence-electron chi connectivity index (χ0n) is 16.2. The van der Waals surface area contributed by atoms with Crippen LogP contribution in [-0.4, -0.2) is 44.8 Å². The van der Waals surface area contributed by atoms with Crippen LogP contribution in [0.2, 0.25) is 0 Å². The minimum atomic E-state index is -3.50. The van der Waals surface area contributed by atoms with Crippen molar-refractivity contribution < 1.29 is 17.6 Å². The average molecular weight is 420 g/mol. The molecule has 1 fully saturated rings. The molecule has 0 radical (unpaired) electrons. The van der Waals surface area contributed by atoms with Gasteiger partial charge in [-0.25, -0.2) is 12.8 Å². The van der Waals surface area contributed by atoms with Crippen LogP contribution in [0.4, 0.5) is 10.1 Å². The molecule has 1 saturated heterocycles. The van der Waals surface area contributed by atoms with Crippen molar-refractivity contribution in [2.24, 2.45) is 0 Å². The second kappa shape index (κ2) is 9.84. The zero-order chi connectivity index (χ0) is 20.7. The van der Waals surface area contributed by atoms with E-state index in [0.29, 0.717) is 31.7 Å². The van der Waals surface area contributed by atoms with E-state index in [2.05, 4.69) is 10.6 Å². The number of nitrogens with one attached hydrogen (secondary N) is 2. The smallest absolute Gasteiger partial charge is 0.243 e. The summed E-state index contributed by atoms with van der Waals surface area (Å²) in [6.07, 6.45) is 3.43. The second-order valence-electron chi connectivity index (χ2n) is 7.07. The maximum absolute atomic E-state index is 12.9. The lowest BCUT2D eigenvalue weighted by Gasteiger charge is -2.26. The minimum absolute atomic E-state index is 0.0383. The third kappa shape index (κ3) is 6.01. The van der Waals surface area contributed by atoms with Crippen LogP contribution in [0.5, 0.6) is 0 Å². The number of hydrogen-bond acceptors (Lipinski definition) is 4. The Morgan fingerprint density at radius 3 is 2.48 bits per heavy atom. The Bertz CT molecular complexity index is 926. The lowest BCUT2D eigenvalue weighted by Crippen LogP contribution is -2.35. The number of anilines is 1. The van der Waals surface area contributed by atoms with E-state index in [1.54, 1.807) is 36.4 Å². The van der Waals surface area contributed by atoms with E-state index in [-0.39, 0.29) is 23.2 Å². The fourth-order valence-electron chi connectivity index (χ4n) is 3.26. The first-order valence-electron chi connectivity index (χ1n) is 9.80. The fraction of sp³-hybridized carbons (Fsp3) is 0.381. The molecule has 1 aliphatic rings. The predicted molar refractivity (Wildman–Crippen MR) is 111 cm³/mol. The maximum atomic E-state index is 12.9. The Kier molecular flexibility index (Phi) is 7.22. The molecule has 1 aliphatic heterocycles. The third-order valence-corrected chi connectivity index (χ3v) is 6.78. The molecule has 1 amide bonds. The molecule has 29 heavy (non-hydrogen) atoms. The molecule has 3 rings (SSSR count). The molecule has 156 valence electrons. The molecule has 2 aromatic carbocycles. The number of amides is 1. The molecule has 1 heterocycles. The van der Waals surface area contributed by atoms with Gasteiger partial charge < -0.3 is 10.6 Å². The molecule has 2 N–H and O–H groups in total. The molecular weight excluding hydrogens is 393 g/mol. The molecule has 0 unspecified atom stereocenters. The van der Waals surface area contributed by atoms with Crippen LogP contribution < -0.4 is 10.6 Å². The van der Waals surface area contributed by atoms with Gasteiger partial charge in [-0.2, -0.15) is 4.31 Å². The van der Waals surface area contributed by atoms with E-state index >= 15 is 0 Å². The summed E-state index contributed by atoms with van der Waals surface area (Å²) in [5.74, 6) is -0.483. The van der Waals surface area contributed by atoms with Crippen molar-refractivity contribution in [1.29, 1.82) is 0 Å². The first-order valence-corrected chi connectivity index (χ1v) is 11.2. The number of nitrogens with zero attached hydrogens (tertiary/aromatic N) is 1. The SMILES string of the molecule is O=C(CNc1cccc(S(=O)(=O)N2CCCCC2)c1)NCCc1ccc(F)cc1. The van der Waals surface area contributed by atoms with E-state index in [4.69, 9.17) is 0 Å². The third-order valence-electron chi connectivity index (χ3n) is 4.89. The van der Waals surface area contributed by atoms with E-state index in [9.17, 15) is 17.6 Å². The van der Waals surface area contributed by atoms with Gasteiger partial charge >= 0.3 is 0 Å². The lowest BCUT2D eigenvalue weighted by atomic mass is 10.1. The Hall–Kier alpha value is -2.45. The molecular formula is C21H26FN3O3S. The molecule has 0 atom stereocenters. The van der Waals surface area contributed by atoms with Crippen LogP contribution in [0.1, 0.15) is 24.8 Å². The molecule has 0 aliphatic carbocycles. The first kappa shape index (κ1) is 21.3. The zero-order valence-corrected chi connectivity index (χ0v) is 17.1. The van der Waals surface area contributed by atoms with Gasteiger partial charge in [-0.3, -0.25) is 4.79 Å². The number of rotatable bonds is 8. The van der Waals surface area contributed by atoms with Crippen molar-refractivity contribution in [3.63, 3.8) is 0 Å². The average Bonchev–Trinajstić information content (AvgIpc) is 2.74. The standard InChI is InChI=1S/C21H26FN3O3S/c22-18-9-7-17(8-10-18)11-12-23-21(26)16-24-19-5-4-6-20(15-19)29(27,28)25-13-2-1-3-14-25/h4-10,15,24H,1-3,11-14,16H2,(H,23,26). The molecule has 8 heteroatoms. The van der Waals surface area contributed by atoms with Gasteiger partial charge in [0.15, 0.2) is 0 Å². The largest absolute Gasteiger partial charge is 0.376 e. The highest BCUT2D eigenvalue weighted by Gasteiger charge is 2.25. The van der Waals surface area contributed by atoms with Gasteiger partial charge in [-0.15, -0.1) is 0 Å². The van der Waals surface area contributed by atoms with Crippen molar-refractivity contribution in [3.8, 4) is 0 Å². The van der Waals surface area contributed by atoms with Crippen LogP contribution in [-0.2, 0) is 21.2 Å². The molecule has 6 nitrogen and oxygen atoms in total. The van der Waals surface area contributed by atoms with E-state index < -0.39 is 10.0 Å². The Morgan fingerprint density at radius 1 is 1.03 bits per heavy atom. The van der Waals surface area contributed by atoms with Gasteiger partial charge in [-0.1, -0.05) is 24.6 Å². The summed E-state index contributed by atoms with van der Waals surface area (Å²) < 4.78 is 40.0. The number of halogens is 1. The Labute approximate surface area is 171 Å². The van der Waals surface area contributed by atoms with Gasteiger partial charge in [-0.05, 0) is 55.2 Å². The monoisotopic (exact) mass is 419 g/mol. The summed E-state index contributed by atoms with van der Waals surface area (Å²) >= 11 is 0. The summed E-state index contributed by atoms with van der Waals surface area (Å²) in [7, 11) is -3.50. The summed E-state index contributed by atoms with van der Waals surface area (Å²) in [6.45, 7) is 1.58. The number of hydrogen-bond donors (Lipinski definition) is 2. The van der Waals surface area contributed by atoms with Crippen LogP contribution in [0.3, 0.4) is 0 Å². The molecule has 2 aromatic rings. The van der Waals surface area contributed by atoms with Crippen molar-refractivity contribution >= 4 is 21.6 Å². The van der Waals surface area contributed by atoms with Crippen LogP contribution in [0.25, 0.3) is 0 Å². The molecule has 0 spiro atoms. The molecule has 0 aromatic heterocycles. The number of carbonyl (C=O) groups is 1. The summed E-state index contributed by atoms with van der Waals surface area (Å²) in [5.41, 5.74) is 1.52. The molecule has 0 saturated carbocycles. The highest BCUT2D eigenvalue weighted by Crippen LogP contribution is 2.22. The summed E-state index contributed by atoms with van der Waals surface area (Å²) in [5, 5.41) is 5.76. The quantitative estimate of drug-likeness (QED) is 0.690. The predicted octanol–water partition coefficient (Wildman–Crippen LogP) is 2.77. The van der Waals surface area contributed by atoms with Crippen molar-refractivity contribution in [1.82, 2.24) is 9.62 Å². The van der Waals surface area contributed by atoms with E-state index in [1.807, 2.05) is 0 Å². The van der Waals surface area contributed by atoms with E-state index in [0.717, 1.165) is 24.8 Å². The number of piperidine rings is 1. The van der Waals surface area contributed by atoms with E-state index in [1.165, 1.54) is 16.4 Å². The maximum Gasteiger partial charge on any atom is 0.243 e. The number of benzene rings is 2. The Balaban J connectivity index is 1.49. The number of sulfonamides is 1. The van der Waals surface area contributed by atoms with Crippen LogP contribution in [0.15, 0.2) is 53.4 Å². The van der Waals surface area contributed by atoms with Crippen molar-refractivity contribution in [2.45, 2.75) is 30.6 Å². The Morgan fingerprint density at radius 2 is 1.76 bits per heavy atom. The van der Waals surface area contributed by atoms with Crippen molar-refractivity contribution in [3.05, 3.63) is 59.9 Å². The highest BCUT2D eigenvalue weighted by molar-refractivity contribution is 7.89. The van der Waals surface area contributed by atoms with Crippen molar-refractivity contribution in [2.75, 3.05) is 31.5 Å². The van der Waals surface area contributed by atoms with Crippen LogP contribution in [0, 0.1) is 5.82 Å². The summed E-state index contributed by atoms with van der Waals surface area (Å²) in [4.78, 5) is 12.3. The minimum Gasteiger partial charge on any atom is -0.376 e. The van der Waals surface area contributed by atoms with Gasteiger partial charge in [0.05, 0.1) is 11.4 Å². The van der Waals surface area contributed by atoms with Gasteiger partial charge in [0.2, 0.25) is 15.9 Å². The first-order chi connectivity index (χ1) is 13.9. The fourth-order valence-corrected chi connectivity index (χ4v) is 4.83. The van der Waals surface area contributed by atoms with Gasteiger partial charge in [0.25, 0.3) is 0 Å². The highest BCUT2D eigenvalue weighted by atomic mass is 32.2. The normalized spacial score (nSPS) is 15.1. The molecule has 0 bridgehead atoms. The van der Waals surface area contributed by atoms with Gasteiger partial charge in [0.1, 0.15) is 5.82 Å². The summed E-state index contributed by atoms with van der Waals surface area (Å²) in [6, 6.07) is 12.7. The second-order valence-corrected chi connectivity index (χ2v) is 9.01. The van der Waals surface area contributed by atoms with Crippen LogP contribution >= 0.6 is 0 Å². The number of carbonyl (C=O) groups excluding carboxylic acids is 1. The lowest BCUT2D eigenvalue weighted by molar-refractivity contribution is -0.119. The topological polar surface area (TPSA) is 78.5 Å².